The lowest BCUT2D eigenvalue weighted by Gasteiger charge is -2.33. The maximum absolute atomic E-state index is 12.8. The molecule has 2 aliphatic rings. The highest BCUT2D eigenvalue weighted by molar-refractivity contribution is 5.85. The third-order valence-electron chi connectivity index (χ3n) is 5.96. The van der Waals surface area contributed by atoms with Crippen LogP contribution in [0.2, 0.25) is 0 Å². The van der Waals surface area contributed by atoms with Crippen LogP contribution in [0.5, 0.6) is 5.75 Å². The minimum absolute atomic E-state index is 0. The number of hydrogen-bond acceptors (Lipinski definition) is 4. The number of halogens is 1. The van der Waals surface area contributed by atoms with Gasteiger partial charge in [-0.3, -0.25) is 9.59 Å². The summed E-state index contributed by atoms with van der Waals surface area (Å²) < 4.78 is 5.29. The quantitative estimate of drug-likeness (QED) is 0.707. The summed E-state index contributed by atoms with van der Waals surface area (Å²) in [5.74, 6) is 1.62. The molecule has 2 heterocycles. The standard InChI is InChI=1S/C22H33N3O3.ClH/c1-16(18-7-3-8-19(13-18)28-2)12-21(26)25-11-5-6-17(15-25)14-24-22(27)20-9-4-10-23-20;/h3,7-8,13,16-17,20,23H,4-6,9-12,14-15H2,1-2H3,(H,24,27);1H. The summed E-state index contributed by atoms with van der Waals surface area (Å²) in [6, 6.07) is 7.90. The Morgan fingerprint density at radius 3 is 2.86 bits per heavy atom. The van der Waals surface area contributed by atoms with Crippen molar-refractivity contribution in [1.29, 1.82) is 0 Å². The highest BCUT2D eigenvalue weighted by Gasteiger charge is 2.27. The summed E-state index contributed by atoms with van der Waals surface area (Å²) in [4.78, 5) is 27.0. The van der Waals surface area contributed by atoms with Gasteiger partial charge in [-0.25, -0.2) is 0 Å². The van der Waals surface area contributed by atoms with Crippen LogP contribution < -0.4 is 15.4 Å². The van der Waals surface area contributed by atoms with Crippen LogP contribution in [0.1, 0.15) is 50.5 Å². The zero-order chi connectivity index (χ0) is 19.9. The van der Waals surface area contributed by atoms with Gasteiger partial charge in [0.2, 0.25) is 11.8 Å². The second kappa shape index (κ2) is 11.4. The van der Waals surface area contributed by atoms with Crippen LogP contribution in [0.25, 0.3) is 0 Å². The van der Waals surface area contributed by atoms with Gasteiger partial charge in [0.1, 0.15) is 5.75 Å². The average Bonchev–Trinajstić information content (AvgIpc) is 3.27. The minimum Gasteiger partial charge on any atom is -0.497 e. The highest BCUT2D eigenvalue weighted by Crippen LogP contribution is 2.25. The molecule has 2 N–H and O–H groups in total. The van der Waals surface area contributed by atoms with Gasteiger partial charge in [0, 0.05) is 26.1 Å². The summed E-state index contributed by atoms with van der Waals surface area (Å²) in [7, 11) is 1.66. The number of nitrogens with zero attached hydrogens (tertiary/aromatic N) is 1. The molecule has 0 spiro atoms. The molecule has 2 aliphatic heterocycles. The van der Waals surface area contributed by atoms with E-state index in [1.165, 1.54) is 0 Å². The molecule has 3 rings (SSSR count). The summed E-state index contributed by atoms with van der Waals surface area (Å²) in [5, 5.41) is 6.31. The van der Waals surface area contributed by atoms with Gasteiger partial charge in [0.05, 0.1) is 13.2 Å². The van der Waals surface area contributed by atoms with Gasteiger partial charge < -0.3 is 20.3 Å². The van der Waals surface area contributed by atoms with Crippen molar-refractivity contribution in [2.24, 2.45) is 5.92 Å². The first-order chi connectivity index (χ1) is 13.6. The summed E-state index contributed by atoms with van der Waals surface area (Å²) in [6.07, 6.45) is 4.55. The minimum atomic E-state index is -0.0370. The number of nitrogens with one attached hydrogen (secondary N) is 2. The Bertz CT molecular complexity index is 679. The summed E-state index contributed by atoms with van der Waals surface area (Å²) in [5.41, 5.74) is 1.12. The maximum atomic E-state index is 12.8. The number of carbonyl (C=O) groups is 2. The van der Waals surface area contributed by atoms with Gasteiger partial charge in [-0.2, -0.15) is 0 Å². The van der Waals surface area contributed by atoms with Crippen molar-refractivity contribution in [2.45, 2.75) is 51.0 Å². The molecule has 2 fully saturated rings. The van der Waals surface area contributed by atoms with Gasteiger partial charge in [0.25, 0.3) is 0 Å². The number of ether oxygens (including phenoxy) is 1. The van der Waals surface area contributed by atoms with Crippen LogP contribution >= 0.6 is 12.4 Å². The van der Waals surface area contributed by atoms with Crippen molar-refractivity contribution in [3.63, 3.8) is 0 Å². The summed E-state index contributed by atoms with van der Waals surface area (Å²) in [6.45, 7) is 5.23. The number of amides is 2. The van der Waals surface area contributed by atoms with E-state index in [-0.39, 0.29) is 36.2 Å². The first-order valence-corrected chi connectivity index (χ1v) is 10.5. The number of carbonyl (C=O) groups excluding carboxylic acids is 2. The topological polar surface area (TPSA) is 70.7 Å². The number of hydrogen-bond donors (Lipinski definition) is 2. The van der Waals surface area contributed by atoms with Crippen molar-refractivity contribution in [3.05, 3.63) is 29.8 Å². The van der Waals surface area contributed by atoms with E-state index in [4.69, 9.17) is 4.74 Å². The zero-order valence-corrected chi connectivity index (χ0v) is 18.3. The molecule has 0 aromatic heterocycles. The van der Waals surface area contributed by atoms with Crippen LogP contribution in [-0.4, -0.2) is 56.0 Å². The molecule has 1 aromatic carbocycles. The molecule has 1 aromatic rings. The SMILES string of the molecule is COc1cccc(C(C)CC(=O)N2CCCC(CNC(=O)C3CCCN3)C2)c1.Cl. The molecule has 0 saturated carbocycles. The normalized spacial score (nSPS) is 22.5. The Morgan fingerprint density at radius 2 is 2.14 bits per heavy atom. The van der Waals surface area contributed by atoms with Crippen molar-refractivity contribution >= 4 is 24.2 Å². The largest absolute Gasteiger partial charge is 0.497 e. The number of piperidine rings is 1. The third-order valence-corrected chi connectivity index (χ3v) is 5.96. The molecular formula is C22H34ClN3O3. The van der Waals surface area contributed by atoms with Crippen molar-refractivity contribution in [2.75, 3.05) is 33.3 Å². The van der Waals surface area contributed by atoms with Crippen LogP contribution in [-0.2, 0) is 9.59 Å². The Labute approximate surface area is 180 Å². The first kappa shape index (κ1) is 23.5. The van der Waals surface area contributed by atoms with E-state index in [0.717, 1.165) is 56.6 Å². The predicted molar refractivity (Wildman–Crippen MR) is 117 cm³/mol. The molecular weight excluding hydrogens is 390 g/mol. The lowest BCUT2D eigenvalue weighted by atomic mass is 9.94. The van der Waals surface area contributed by atoms with Crippen LogP contribution in [0.15, 0.2) is 24.3 Å². The Hall–Kier alpha value is -1.79. The van der Waals surface area contributed by atoms with E-state index in [1.807, 2.05) is 29.2 Å². The molecule has 162 valence electrons. The molecule has 29 heavy (non-hydrogen) atoms. The maximum Gasteiger partial charge on any atom is 0.237 e. The molecule has 2 saturated heterocycles. The molecule has 0 radical (unpaired) electrons. The van der Waals surface area contributed by atoms with Crippen LogP contribution in [0.3, 0.4) is 0 Å². The number of methoxy groups -OCH3 is 1. The second-order valence-electron chi connectivity index (χ2n) is 8.12. The van der Waals surface area contributed by atoms with Crippen LogP contribution in [0, 0.1) is 5.92 Å². The van der Waals surface area contributed by atoms with Crippen molar-refractivity contribution < 1.29 is 14.3 Å². The van der Waals surface area contributed by atoms with Crippen molar-refractivity contribution in [3.8, 4) is 5.75 Å². The van der Waals surface area contributed by atoms with E-state index >= 15 is 0 Å². The molecule has 3 unspecified atom stereocenters. The molecule has 0 bridgehead atoms. The lowest BCUT2D eigenvalue weighted by Crippen LogP contribution is -2.46. The monoisotopic (exact) mass is 423 g/mol. The first-order valence-electron chi connectivity index (χ1n) is 10.5. The molecule has 0 aliphatic carbocycles. The fraction of sp³-hybridized carbons (Fsp3) is 0.636. The fourth-order valence-corrected chi connectivity index (χ4v) is 4.19. The third kappa shape index (κ3) is 6.61. The fourth-order valence-electron chi connectivity index (χ4n) is 4.19. The van der Waals surface area contributed by atoms with E-state index in [1.54, 1.807) is 7.11 Å². The molecule has 7 heteroatoms. The van der Waals surface area contributed by atoms with Gasteiger partial charge in [0.15, 0.2) is 0 Å². The van der Waals surface area contributed by atoms with Crippen LogP contribution in [0.4, 0.5) is 0 Å². The number of benzene rings is 1. The Kier molecular flexibility index (Phi) is 9.24. The van der Waals surface area contributed by atoms with Gasteiger partial charge in [-0.05, 0) is 61.8 Å². The highest BCUT2D eigenvalue weighted by atomic mass is 35.5. The van der Waals surface area contributed by atoms with Gasteiger partial charge >= 0.3 is 0 Å². The average molecular weight is 424 g/mol. The molecule has 2 amide bonds. The van der Waals surface area contributed by atoms with E-state index in [0.29, 0.717) is 18.9 Å². The lowest BCUT2D eigenvalue weighted by molar-refractivity contribution is -0.133. The van der Waals surface area contributed by atoms with E-state index < -0.39 is 0 Å². The van der Waals surface area contributed by atoms with Crippen molar-refractivity contribution in [1.82, 2.24) is 15.5 Å². The predicted octanol–water partition coefficient (Wildman–Crippen LogP) is 2.72. The molecule has 3 atom stereocenters. The van der Waals surface area contributed by atoms with E-state index in [9.17, 15) is 9.59 Å². The van der Waals surface area contributed by atoms with Gasteiger partial charge in [-0.15, -0.1) is 12.4 Å². The second-order valence-corrected chi connectivity index (χ2v) is 8.12. The Morgan fingerprint density at radius 1 is 1.31 bits per heavy atom. The zero-order valence-electron chi connectivity index (χ0n) is 17.5. The van der Waals surface area contributed by atoms with Gasteiger partial charge in [-0.1, -0.05) is 19.1 Å². The smallest absolute Gasteiger partial charge is 0.237 e. The number of rotatable bonds is 7. The molecule has 6 nitrogen and oxygen atoms in total. The summed E-state index contributed by atoms with van der Waals surface area (Å²) >= 11 is 0. The number of likely N-dealkylation sites (tertiary alicyclic amines) is 1. The van der Waals surface area contributed by atoms with E-state index in [2.05, 4.69) is 17.6 Å². The Balaban J connectivity index is 0.00000300.